The standard InChI is InChI=1S/C21H21F2N3OS/c1-14-19(15(2)26(25-14)13-16-6-4-3-5-7-16)12-24-20(27)17-8-10-18(11-9-17)28-21(22)23/h3-11,21H,12-13H2,1-2H3,(H,24,27). The number of rotatable bonds is 7. The number of thioether (sulfide) groups is 1. The molecule has 4 nitrogen and oxygen atoms in total. The van der Waals surface area contributed by atoms with Crippen LogP contribution in [0.25, 0.3) is 0 Å². The second kappa shape index (κ2) is 9.01. The fourth-order valence-corrected chi connectivity index (χ4v) is 3.46. The van der Waals surface area contributed by atoms with Crippen LogP contribution < -0.4 is 5.32 Å². The lowest BCUT2D eigenvalue weighted by Gasteiger charge is -2.08. The minimum Gasteiger partial charge on any atom is -0.348 e. The lowest BCUT2D eigenvalue weighted by atomic mass is 10.1. The van der Waals surface area contributed by atoms with Crippen molar-refractivity contribution in [3.63, 3.8) is 0 Å². The number of alkyl halides is 2. The first-order valence-electron chi connectivity index (χ1n) is 8.84. The number of halogens is 2. The third kappa shape index (κ3) is 4.98. The molecule has 0 saturated carbocycles. The van der Waals surface area contributed by atoms with E-state index in [1.807, 2.05) is 48.9 Å². The van der Waals surface area contributed by atoms with E-state index in [-0.39, 0.29) is 5.91 Å². The topological polar surface area (TPSA) is 46.9 Å². The summed E-state index contributed by atoms with van der Waals surface area (Å²) in [5, 5.41) is 7.47. The van der Waals surface area contributed by atoms with Crippen molar-refractivity contribution in [2.45, 2.75) is 37.6 Å². The quantitative estimate of drug-likeness (QED) is 0.579. The molecule has 0 aliphatic rings. The van der Waals surface area contributed by atoms with Crippen LogP contribution in [-0.4, -0.2) is 21.4 Å². The van der Waals surface area contributed by atoms with Crippen LogP contribution in [0.15, 0.2) is 59.5 Å². The molecule has 0 aliphatic heterocycles. The maximum atomic E-state index is 12.4. The molecule has 2 aromatic carbocycles. The number of carbonyl (C=O) groups excluding carboxylic acids is 1. The molecule has 1 N–H and O–H groups in total. The Bertz CT molecular complexity index is 940. The summed E-state index contributed by atoms with van der Waals surface area (Å²) in [6.45, 7) is 4.94. The summed E-state index contributed by atoms with van der Waals surface area (Å²) < 4.78 is 26.7. The highest BCUT2D eigenvalue weighted by atomic mass is 32.2. The Labute approximate surface area is 167 Å². The maximum absolute atomic E-state index is 12.4. The van der Waals surface area contributed by atoms with E-state index in [2.05, 4.69) is 10.4 Å². The summed E-state index contributed by atoms with van der Waals surface area (Å²) in [6.07, 6.45) is 0. The summed E-state index contributed by atoms with van der Waals surface area (Å²) in [5.74, 6) is -2.72. The van der Waals surface area contributed by atoms with Gasteiger partial charge in [-0.05, 0) is 43.7 Å². The van der Waals surface area contributed by atoms with Crippen molar-refractivity contribution in [1.29, 1.82) is 0 Å². The number of hydrogen-bond donors (Lipinski definition) is 1. The van der Waals surface area contributed by atoms with Crippen LogP contribution in [0, 0.1) is 13.8 Å². The van der Waals surface area contributed by atoms with Gasteiger partial charge in [-0.1, -0.05) is 42.1 Å². The molecule has 0 fully saturated rings. The van der Waals surface area contributed by atoms with E-state index in [9.17, 15) is 13.6 Å². The zero-order valence-corrected chi connectivity index (χ0v) is 16.5. The third-order valence-corrected chi connectivity index (χ3v) is 5.20. The monoisotopic (exact) mass is 401 g/mol. The molecule has 0 aliphatic carbocycles. The van der Waals surface area contributed by atoms with Gasteiger partial charge >= 0.3 is 0 Å². The predicted octanol–water partition coefficient (Wildman–Crippen LogP) is 4.79. The van der Waals surface area contributed by atoms with Crippen molar-refractivity contribution in [1.82, 2.24) is 15.1 Å². The lowest BCUT2D eigenvalue weighted by Crippen LogP contribution is -2.23. The van der Waals surface area contributed by atoms with E-state index < -0.39 is 5.76 Å². The predicted molar refractivity (Wildman–Crippen MR) is 107 cm³/mol. The molecule has 146 valence electrons. The molecule has 0 bridgehead atoms. The second-order valence-corrected chi connectivity index (χ2v) is 7.44. The van der Waals surface area contributed by atoms with Gasteiger partial charge in [0.1, 0.15) is 0 Å². The number of aryl methyl sites for hydroxylation is 1. The largest absolute Gasteiger partial charge is 0.348 e. The van der Waals surface area contributed by atoms with Crippen LogP contribution in [-0.2, 0) is 13.1 Å². The van der Waals surface area contributed by atoms with Gasteiger partial charge in [-0.3, -0.25) is 9.48 Å². The van der Waals surface area contributed by atoms with Gasteiger partial charge in [-0.25, -0.2) is 0 Å². The van der Waals surface area contributed by atoms with Crippen molar-refractivity contribution < 1.29 is 13.6 Å². The Morgan fingerprint density at radius 2 is 1.79 bits per heavy atom. The molecular weight excluding hydrogens is 380 g/mol. The number of benzene rings is 2. The molecule has 1 amide bonds. The maximum Gasteiger partial charge on any atom is 0.288 e. The molecule has 28 heavy (non-hydrogen) atoms. The van der Waals surface area contributed by atoms with Crippen LogP contribution in [0.1, 0.15) is 32.9 Å². The fourth-order valence-electron chi connectivity index (χ4n) is 2.96. The van der Waals surface area contributed by atoms with E-state index in [4.69, 9.17) is 0 Å². The highest BCUT2D eigenvalue weighted by molar-refractivity contribution is 7.99. The number of aromatic nitrogens is 2. The van der Waals surface area contributed by atoms with Gasteiger partial charge in [0.05, 0.1) is 12.2 Å². The zero-order valence-electron chi connectivity index (χ0n) is 15.7. The number of amides is 1. The van der Waals surface area contributed by atoms with Crippen molar-refractivity contribution >= 4 is 17.7 Å². The summed E-state index contributed by atoms with van der Waals surface area (Å²) in [4.78, 5) is 12.8. The van der Waals surface area contributed by atoms with Gasteiger partial charge in [0.2, 0.25) is 0 Å². The Hall–Kier alpha value is -2.67. The Morgan fingerprint density at radius 3 is 2.43 bits per heavy atom. The van der Waals surface area contributed by atoms with E-state index in [0.717, 1.165) is 22.5 Å². The molecule has 3 rings (SSSR count). The van der Waals surface area contributed by atoms with Gasteiger partial charge in [-0.15, -0.1) is 0 Å². The summed E-state index contributed by atoms with van der Waals surface area (Å²) in [5.41, 5.74) is 4.45. The van der Waals surface area contributed by atoms with Crippen LogP contribution >= 0.6 is 11.8 Å². The summed E-state index contributed by atoms with van der Waals surface area (Å²) >= 11 is 0.460. The van der Waals surface area contributed by atoms with Crippen molar-refractivity contribution in [3.05, 3.63) is 82.7 Å². The van der Waals surface area contributed by atoms with Crippen LogP contribution in [0.3, 0.4) is 0 Å². The molecule has 0 saturated heterocycles. The Kier molecular flexibility index (Phi) is 6.46. The van der Waals surface area contributed by atoms with Crippen molar-refractivity contribution in [3.8, 4) is 0 Å². The SMILES string of the molecule is Cc1nn(Cc2ccccc2)c(C)c1CNC(=O)c1ccc(SC(F)F)cc1. The molecule has 0 atom stereocenters. The first kappa shape index (κ1) is 20.1. The minimum absolute atomic E-state index is 0.247. The van der Waals surface area contributed by atoms with Crippen molar-refractivity contribution in [2.24, 2.45) is 0 Å². The number of carbonyl (C=O) groups is 1. The number of nitrogens with zero attached hydrogens (tertiary/aromatic N) is 2. The highest BCUT2D eigenvalue weighted by Crippen LogP contribution is 2.25. The molecule has 7 heteroatoms. The first-order chi connectivity index (χ1) is 13.4. The second-order valence-electron chi connectivity index (χ2n) is 6.38. The Balaban J connectivity index is 1.65. The van der Waals surface area contributed by atoms with E-state index in [0.29, 0.717) is 35.3 Å². The molecule has 0 radical (unpaired) electrons. The average Bonchev–Trinajstić information content (AvgIpc) is 2.94. The molecule has 0 unspecified atom stereocenters. The molecule has 0 spiro atoms. The molecular formula is C21H21F2N3OS. The summed E-state index contributed by atoms with van der Waals surface area (Å²) in [6, 6.07) is 16.2. The first-order valence-corrected chi connectivity index (χ1v) is 9.72. The van der Waals surface area contributed by atoms with Gasteiger partial charge in [0.15, 0.2) is 0 Å². The van der Waals surface area contributed by atoms with Crippen LogP contribution in [0.4, 0.5) is 8.78 Å². The van der Waals surface area contributed by atoms with Gasteiger partial charge in [0.25, 0.3) is 11.7 Å². The third-order valence-electron chi connectivity index (χ3n) is 4.47. The van der Waals surface area contributed by atoms with E-state index in [1.165, 1.54) is 12.1 Å². The van der Waals surface area contributed by atoms with E-state index in [1.54, 1.807) is 12.1 Å². The van der Waals surface area contributed by atoms with Crippen LogP contribution in [0.5, 0.6) is 0 Å². The van der Waals surface area contributed by atoms with Gasteiger partial charge in [-0.2, -0.15) is 13.9 Å². The summed E-state index contributed by atoms with van der Waals surface area (Å²) in [7, 11) is 0. The minimum atomic E-state index is -2.47. The average molecular weight is 401 g/mol. The smallest absolute Gasteiger partial charge is 0.288 e. The zero-order chi connectivity index (χ0) is 20.1. The molecule has 1 aromatic heterocycles. The van der Waals surface area contributed by atoms with Gasteiger partial charge < -0.3 is 5.32 Å². The number of hydrogen-bond acceptors (Lipinski definition) is 3. The van der Waals surface area contributed by atoms with Gasteiger partial charge in [0, 0.05) is 28.3 Å². The van der Waals surface area contributed by atoms with E-state index >= 15 is 0 Å². The highest BCUT2D eigenvalue weighted by Gasteiger charge is 2.14. The Morgan fingerprint density at radius 1 is 1.11 bits per heavy atom. The van der Waals surface area contributed by atoms with Crippen LogP contribution in [0.2, 0.25) is 0 Å². The normalized spacial score (nSPS) is 11.0. The van der Waals surface area contributed by atoms with Crippen molar-refractivity contribution in [2.75, 3.05) is 0 Å². The molecule has 1 heterocycles. The lowest BCUT2D eigenvalue weighted by molar-refractivity contribution is 0.0950. The fraction of sp³-hybridized carbons (Fsp3) is 0.238. The number of nitrogens with one attached hydrogen (secondary N) is 1. The molecule has 3 aromatic rings.